The van der Waals surface area contributed by atoms with Crippen molar-refractivity contribution in [3.05, 3.63) is 24.3 Å². The number of hydrogen-bond donors (Lipinski definition) is 2. The van der Waals surface area contributed by atoms with Crippen LogP contribution in [0.2, 0.25) is 0 Å². The van der Waals surface area contributed by atoms with E-state index in [2.05, 4.69) is 20.0 Å². The lowest BCUT2D eigenvalue weighted by atomic mass is 9.92. The van der Waals surface area contributed by atoms with Crippen LogP contribution < -0.4 is 15.4 Å². The number of ketones is 1. The molecule has 9 heteroatoms. The van der Waals surface area contributed by atoms with E-state index >= 15 is 0 Å². The van der Waals surface area contributed by atoms with Crippen LogP contribution in [0.15, 0.2) is 29.4 Å². The number of ether oxygens (including phenoxy) is 1. The molecule has 1 aromatic carbocycles. The summed E-state index contributed by atoms with van der Waals surface area (Å²) in [6.07, 6.45) is 0. The molecule has 2 aromatic rings. The number of thioether (sulfide) groups is 1. The molecule has 0 saturated carbocycles. The van der Waals surface area contributed by atoms with Gasteiger partial charge in [0.15, 0.2) is 0 Å². The van der Waals surface area contributed by atoms with Gasteiger partial charge in [0, 0.05) is 22.6 Å². The van der Waals surface area contributed by atoms with E-state index in [9.17, 15) is 9.59 Å². The number of benzene rings is 1. The average Bonchev–Trinajstić information content (AvgIpc) is 2.99. The van der Waals surface area contributed by atoms with Crippen LogP contribution in [0, 0.1) is 5.41 Å². The molecule has 0 aliphatic carbocycles. The summed E-state index contributed by atoms with van der Waals surface area (Å²) in [5.41, 5.74) is 0.246. The minimum atomic E-state index is -0.413. The van der Waals surface area contributed by atoms with E-state index in [4.69, 9.17) is 4.74 Å². The predicted octanol–water partition coefficient (Wildman–Crippen LogP) is 3.90. The van der Waals surface area contributed by atoms with E-state index in [0.717, 1.165) is 11.5 Å². The van der Waals surface area contributed by atoms with Crippen molar-refractivity contribution >= 4 is 45.9 Å². The Kier molecular flexibility index (Phi) is 6.38. The number of hydrogen-bond acceptors (Lipinski definition) is 7. The fraction of sp³-hybridized carbons (Fsp3) is 0.375. The molecule has 0 saturated heterocycles. The monoisotopic (exact) mass is 380 g/mol. The highest BCUT2D eigenvalue weighted by molar-refractivity contribution is 7.99. The van der Waals surface area contributed by atoms with E-state index < -0.39 is 6.03 Å². The molecule has 0 unspecified atom stereocenters. The van der Waals surface area contributed by atoms with Crippen molar-refractivity contribution in [3.8, 4) is 5.75 Å². The Morgan fingerprint density at radius 2 is 1.88 bits per heavy atom. The SMILES string of the molecule is COc1ccc(NC(=O)Nc2nc(SCC(=O)C(C)(C)C)ns2)cc1. The third kappa shape index (κ3) is 6.02. The minimum Gasteiger partial charge on any atom is -0.497 e. The van der Waals surface area contributed by atoms with Gasteiger partial charge in [0.2, 0.25) is 10.3 Å². The summed E-state index contributed by atoms with van der Waals surface area (Å²) in [5, 5.41) is 6.16. The van der Waals surface area contributed by atoms with Gasteiger partial charge in [0.25, 0.3) is 0 Å². The molecular weight excluding hydrogens is 360 g/mol. The van der Waals surface area contributed by atoms with Crippen molar-refractivity contribution in [1.82, 2.24) is 9.36 Å². The highest BCUT2D eigenvalue weighted by Gasteiger charge is 2.21. The molecule has 0 radical (unpaired) electrons. The Morgan fingerprint density at radius 1 is 1.20 bits per heavy atom. The maximum absolute atomic E-state index is 12.0. The van der Waals surface area contributed by atoms with E-state index in [-0.39, 0.29) is 11.2 Å². The number of nitrogens with one attached hydrogen (secondary N) is 2. The van der Waals surface area contributed by atoms with E-state index in [0.29, 0.717) is 27.5 Å². The highest BCUT2D eigenvalue weighted by Crippen LogP contribution is 2.24. The van der Waals surface area contributed by atoms with Crippen molar-refractivity contribution in [2.24, 2.45) is 5.41 Å². The van der Waals surface area contributed by atoms with Crippen LogP contribution in [-0.4, -0.2) is 34.0 Å². The van der Waals surface area contributed by atoms with Crippen molar-refractivity contribution in [2.75, 3.05) is 23.5 Å². The molecule has 0 bridgehead atoms. The van der Waals surface area contributed by atoms with Gasteiger partial charge < -0.3 is 10.1 Å². The number of carbonyl (C=O) groups excluding carboxylic acids is 2. The molecule has 0 atom stereocenters. The highest BCUT2D eigenvalue weighted by atomic mass is 32.2. The standard InChI is InChI=1S/C16H20N4O3S2/c1-16(2,3)12(21)9-24-15-19-14(25-20-15)18-13(22)17-10-5-7-11(23-4)8-6-10/h5-8H,9H2,1-4H3,(H2,17,18,19,20,22). The average molecular weight is 380 g/mol. The zero-order valence-electron chi connectivity index (χ0n) is 14.5. The van der Waals surface area contributed by atoms with Gasteiger partial charge in [-0.05, 0) is 24.3 Å². The molecule has 2 amide bonds. The minimum absolute atomic E-state index is 0.124. The van der Waals surface area contributed by atoms with Crippen molar-refractivity contribution in [1.29, 1.82) is 0 Å². The van der Waals surface area contributed by atoms with Gasteiger partial charge in [0.05, 0.1) is 12.9 Å². The molecule has 2 rings (SSSR count). The van der Waals surface area contributed by atoms with Crippen LogP contribution in [0.5, 0.6) is 5.75 Å². The van der Waals surface area contributed by atoms with Crippen LogP contribution in [0.3, 0.4) is 0 Å². The normalized spacial score (nSPS) is 11.0. The topological polar surface area (TPSA) is 93.2 Å². The Hall–Kier alpha value is -2.13. The first-order valence-electron chi connectivity index (χ1n) is 7.50. The van der Waals surface area contributed by atoms with E-state index in [1.807, 2.05) is 20.8 Å². The number of methoxy groups -OCH3 is 1. The summed E-state index contributed by atoms with van der Waals surface area (Å²) >= 11 is 2.33. The number of Topliss-reactive ketones (excluding diaryl/α,β-unsaturated/α-hetero) is 1. The maximum atomic E-state index is 12.0. The van der Waals surface area contributed by atoms with Crippen molar-refractivity contribution < 1.29 is 14.3 Å². The first kappa shape index (κ1) is 19.2. The number of rotatable bonds is 6. The Balaban J connectivity index is 1.85. The van der Waals surface area contributed by atoms with Gasteiger partial charge in [-0.25, -0.2) is 4.79 Å². The van der Waals surface area contributed by atoms with Gasteiger partial charge in [-0.2, -0.15) is 9.36 Å². The van der Waals surface area contributed by atoms with Crippen molar-refractivity contribution in [3.63, 3.8) is 0 Å². The Labute approximate surface area is 154 Å². The molecule has 0 aliphatic rings. The van der Waals surface area contributed by atoms with E-state index in [1.165, 1.54) is 11.8 Å². The molecule has 134 valence electrons. The smallest absolute Gasteiger partial charge is 0.325 e. The van der Waals surface area contributed by atoms with Gasteiger partial charge in [-0.15, -0.1) is 0 Å². The molecule has 2 N–H and O–H groups in total. The summed E-state index contributed by atoms with van der Waals surface area (Å²) < 4.78 is 9.20. The summed E-state index contributed by atoms with van der Waals surface area (Å²) in [5.74, 6) is 1.14. The van der Waals surface area contributed by atoms with Gasteiger partial charge in [-0.1, -0.05) is 32.5 Å². The van der Waals surface area contributed by atoms with Crippen LogP contribution in [-0.2, 0) is 4.79 Å². The third-order valence-electron chi connectivity index (χ3n) is 3.14. The van der Waals surface area contributed by atoms with Crippen LogP contribution >= 0.6 is 23.3 Å². The zero-order chi connectivity index (χ0) is 18.4. The zero-order valence-corrected chi connectivity index (χ0v) is 16.1. The maximum Gasteiger partial charge on any atom is 0.325 e. The van der Waals surface area contributed by atoms with Gasteiger partial charge in [-0.3, -0.25) is 10.1 Å². The number of urea groups is 1. The molecule has 0 fully saturated rings. The van der Waals surface area contributed by atoms with Gasteiger partial charge >= 0.3 is 6.03 Å². The second-order valence-electron chi connectivity index (χ2n) is 6.15. The van der Waals surface area contributed by atoms with E-state index in [1.54, 1.807) is 31.4 Å². The summed E-state index contributed by atoms with van der Waals surface area (Å²) in [7, 11) is 1.58. The number of nitrogens with zero attached hydrogens (tertiary/aromatic N) is 2. The molecule has 0 spiro atoms. The first-order chi connectivity index (χ1) is 11.8. The Bertz CT molecular complexity index is 739. The molecule has 1 aromatic heterocycles. The largest absolute Gasteiger partial charge is 0.497 e. The lowest BCUT2D eigenvalue weighted by molar-refractivity contribution is -0.123. The number of anilines is 2. The van der Waals surface area contributed by atoms with Crippen LogP contribution in [0.4, 0.5) is 15.6 Å². The van der Waals surface area contributed by atoms with Crippen LogP contribution in [0.1, 0.15) is 20.8 Å². The Morgan fingerprint density at radius 3 is 2.48 bits per heavy atom. The molecular formula is C16H20N4O3S2. The van der Waals surface area contributed by atoms with Crippen molar-refractivity contribution in [2.45, 2.75) is 25.9 Å². The number of aromatic nitrogens is 2. The molecule has 1 heterocycles. The summed E-state index contributed by atoms with van der Waals surface area (Å²) in [6.45, 7) is 5.63. The first-order valence-corrected chi connectivity index (χ1v) is 9.25. The fourth-order valence-corrected chi connectivity index (χ4v) is 3.30. The van der Waals surface area contributed by atoms with Crippen LogP contribution in [0.25, 0.3) is 0 Å². The summed E-state index contributed by atoms with van der Waals surface area (Å²) in [4.78, 5) is 28.1. The third-order valence-corrected chi connectivity index (χ3v) is 4.74. The molecule has 7 nitrogen and oxygen atoms in total. The number of amides is 2. The quantitative estimate of drug-likeness (QED) is 0.738. The molecule has 0 aliphatic heterocycles. The van der Waals surface area contributed by atoms with Gasteiger partial charge in [0.1, 0.15) is 11.5 Å². The summed E-state index contributed by atoms with van der Waals surface area (Å²) in [6, 6.07) is 6.56. The lowest BCUT2D eigenvalue weighted by Crippen LogP contribution is -2.22. The fourth-order valence-electron chi connectivity index (χ4n) is 1.60. The number of carbonyl (C=O) groups is 2. The second kappa shape index (κ2) is 8.30. The molecule has 25 heavy (non-hydrogen) atoms. The second-order valence-corrected chi connectivity index (χ2v) is 7.85. The lowest BCUT2D eigenvalue weighted by Gasteiger charge is -2.15. The predicted molar refractivity (Wildman–Crippen MR) is 101 cm³/mol.